The normalized spacial score (nSPS) is 11.7. The van der Waals surface area contributed by atoms with Crippen LogP contribution in [0.3, 0.4) is 0 Å². The summed E-state index contributed by atoms with van der Waals surface area (Å²) in [5.74, 6) is -0.771. The van der Waals surface area contributed by atoms with E-state index in [0.29, 0.717) is 28.2 Å². The van der Waals surface area contributed by atoms with Crippen LogP contribution in [0.15, 0.2) is 24.3 Å². The topological polar surface area (TPSA) is 114 Å². The molecule has 8 nitrogen and oxygen atoms in total. The number of hydrogen-bond donors (Lipinski definition) is 2. The molecule has 0 saturated heterocycles. The molecule has 1 atom stereocenters. The second-order valence-corrected chi connectivity index (χ2v) is 5.65. The Labute approximate surface area is 144 Å². The lowest BCUT2D eigenvalue weighted by Crippen LogP contribution is -2.27. The van der Waals surface area contributed by atoms with Gasteiger partial charge >= 0.3 is 5.97 Å². The molecule has 0 spiro atoms. The van der Waals surface area contributed by atoms with Crippen molar-refractivity contribution >= 4 is 23.1 Å². The number of carbonyl (C=O) groups is 2. The predicted octanol–water partition coefficient (Wildman–Crippen LogP) is 3.01. The third-order valence-corrected chi connectivity index (χ3v) is 3.91. The minimum atomic E-state index is -0.649. The van der Waals surface area contributed by atoms with Crippen molar-refractivity contribution in [1.29, 1.82) is 0 Å². The summed E-state index contributed by atoms with van der Waals surface area (Å²) in [6.07, 6.45) is 0. The number of hydrogen-bond acceptors (Lipinski definition) is 6. The zero-order valence-corrected chi connectivity index (χ0v) is 14.4. The molecule has 0 unspecified atom stereocenters. The van der Waals surface area contributed by atoms with Crippen molar-refractivity contribution in [1.82, 2.24) is 4.98 Å². The van der Waals surface area contributed by atoms with Crippen molar-refractivity contribution in [2.45, 2.75) is 26.8 Å². The summed E-state index contributed by atoms with van der Waals surface area (Å²) in [6.45, 7) is 5.01. The number of nitro groups is 1. The molecule has 0 aliphatic rings. The highest BCUT2D eigenvalue weighted by atomic mass is 16.6. The summed E-state index contributed by atoms with van der Waals surface area (Å²) in [7, 11) is 1.28. The van der Waals surface area contributed by atoms with Crippen LogP contribution < -0.4 is 5.32 Å². The monoisotopic (exact) mass is 345 g/mol. The van der Waals surface area contributed by atoms with Gasteiger partial charge in [-0.15, -0.1) is 0 Å². The first kappa shape index (κ1) is 18.2. The number of esters is 1. The molecule has 0 bridgehead atoms. The summed E-state index contributed by atoms with van der Waals surface area (Å²) in [4.78, 5) is 37.8. The van der Waals surface area contributed by atoms with Crippen LogP contribution in [0.5, 0.6) is 0 Å². The van der Waals surface area contributed by atoms with Gasteiger partial charge in [0.05, 0.1) is 29.3 Å². The number of carbonyl (C=O) groups excluding carboxylic acids is 2. The molecule has 2 N–H and O–H groups in total. The van der Waals surface area contributed by atoms with Gasteiger partial charge < -0.3 is 15.0 Å². The predicted molar refractivity (Wildman–Crippen MR) is 92.1 cm³/mol. The zero-order valence-electron chi connectivity index (χ0n) is 14.4. The lowest BCUT2D eigenvalue weighted by atomic mass is 10.0. The van der Waals surface area contributed by atoms with Gasteiger partial charge in [-0.25, -0.2) is 4.79 Å². The maximum atomic E-state index is 12.7. The Morgan fingerprint density at radius 1 is 1.32 bits per heavy atom. The number of aromatic nitrogens is 1. The van der Waals surface area contributed by atoms with E-state index in [1.807, 2.05) is 0 Å². The number of ketones is 1. The van der Waals surface area contributed by atoms with E-state index in [2.05, 4.69) is 10.3 Å². The number of methoxy groups -OCH3 is 1. The van der Waals surface area contributed by atoms with Crippen LogP contribution in [0.1, 0.15) is 39.0 Å². The molecule has 1 heterocycles. The van der Waals surface area contributed by atoms with Crippen LogP contribution >= 0.6 is 0 Å². The molecule has 1 aromatic heterocycles. The highest BCUT2D eigenvalue weighted by Crippen LogP contribution is 2.22. The smallest absolute Gasteiger partial charge is 0.339 e. The standard InChI is InChI=1S/C17H19N3O5/c1-9-14(17(22)25-4)10(2)19-15(9)16(21)11(3)18-12-6-5-7-13(8-12)20(23)24/h5-8,11,18-19H,1-4H3/t11-/m1/s1. The molecule has 8 heteroatoms. The maximum absolute atomic E-state index is 12.7. The Hall–Kier alpha value is -3.16. The van der Waals surface area contributed by atoms with E-state index in [9.17, 15) is 19.7 Å². The molecule has 0 amide bonds. The number of nitrogens with zero attached hydrogens (tertiary/aromatic N) is 1. The van der Waals surface area contributed by atoms with Gasteiger partial charge in [-0.05, 0) is 32.4 Å². The third kappa shape index (κ3) is 3.68. The number of ether oxygens (including phenoxy) is 1. The Kier molecular flexibility index (Phi) is 5.21. The van der Waals surface area contributed by atoms with Crippen molar-refractivity contribution in [3.8, 4) is 0 Å². The fourth-order valence-electron chi connectivity index (χ4n) is 2.65. The Morgan fingerprint density at radius 2 is 2.00 bits per heavy atom. The van der Waals surface area contributed by atoms with Gasteiger partial charge in [0.15, 0.2) is 0 Å². The van der Waals surface area contributed by atoms with Crippen molar-refractivity contribution in [3.63, 3.8) is 0 Å². The Balaban J connectivity index is 2.25. The lowest BCUT2D eigenvalue weighted by molar-refractivity contribution is -0.384. The molecular weight excluding hydrogens is 326 g/mol. The van der Waals surface area contributed by atoms with E-state index in [0.717, 1.165) is 0 Å². The minimum Gasteiger partial charge on any atom is -0.465 e. The van der Waals surface area contributed by atoms with Gasteiger partial charge in [0.1, 0.15) is 0 Å². The zero-order chi connectivity index (χ0) is 18.7. The third-order valence-electron chi connectivity index (χ3n) is 3.91. The highest BCUT2D eigenvalue weighted by Gasteiger charge is 2.25. The number of nitrogens with one attached hydrogen (secondary N) is 2. The molecule has 25 heavy (non-hydrogen) atoms. The first-order valence-corrected chi connectivity index (χ1v) is 7.59. The van der Waals surface area contributed by atoms with Crippen molar-refractivity contribution in [2.24, 2.45) is 0 Å². The second kappa shape index (κ2) is 7.16. The highest BCUT2D eigenvalue weighted by molar-refractivity contribution is 6.04. The van der Waals surface area contributed by atoms with Crippen LogP contribution in [-0.2, 0) is 4.74 Å². The summed E-state index contributed by atoms with van der Waals surface area (Å²) in [5, 5.41) is 13.8. The van der Waals surface area contributed by atoms with Crippen LogP contribution in [-0.4, -0.2) is 34.8 Å². The van der Waals surface area contributed by atoms with Gasteiger partial charge in [-0.1, -0.05) is 6.07 Å². The van der Waals surface area contributed by atoms with Crippen LogP contribution in [0.4, 0.5) is 11.4 Å². The molecule has 2 rings (SSSR count). The number of H-pyrrole nitrogens is 1. The Bertz CT molecular complexity index is 841. The van der Waals surface area contributed by atoms with Gasteiger partial charge in [0.2, 0.25) is 5.78 Å². The summed E-state index contributed by atoms with van der Waals surface area (Å²) >= 11 is 0. The van der Waals surface area contributed by atoms with Gasteiger partial charge in [-0.2, -0.15) is 0 Å². The molecule has 0 aliphatic carbocycles. The van der Waals surface area contributed by atoms with Gasteiger partial charge in [0, 0.05) is 23.5 Å². The van der Waals surface area contributed by atoms with E-state index in [4.69, 9.17) is 4.74 Å². The van der Waals surface area contributed by atoms with Crippen molar-refractivity contribution < 1.29 is 19.2 Å². The number of nitro benzene ring substituents is 1. The summed E-state index contributed by atoms with van der Waals surface area (Å²) in [5.41, 5.74) is 2.11. The molecule has 0 radical (unpaired) electrons. The SMILES string of the molecule is COC(=O)c1c(C)[nH]c(C(=O)[C@@H](C)Nc2cccc([N+](=O)[O-])c2)c1C. The number of aromatic amines is 1. The first-order chi connectivity index (χ1) is 11.8. The number of benzene rings is 1. The van der Waals surface area contributed by atoms with E-state index in [1.165, 1.54) is 25.3 Å². The second-order valence-electron chi connectivity index (χ2n) is 5.65. The largest absolute Gasteiger partial charge is 0.465 e. The number of non-ortho nitro benzene ring substituents is 1. The van der Waals surface area contributed by atoms with E-state index in [-0.39, 0.29) is 11.5 Å². The number of aryl methyl sites for hydroxylation is 1. The quantitative estimate of drug-likeness (QED) is 0.360. The Morgan fingerprint density at radius 3 is 2.60 bits per heavy atom. The number of Topliss-reactive ketones (excluding diaryl/α,β-unsaturated/α-hetero) is 1. The van der Waals surface area contributed by atoms with Crippen molar-refractivity contribution in [2.75, 3.05) is 12.4 Å². The summed E-state index contributed by atoms with van der Waals surface area (Å²) < 4.78 is 4.73. The first-order valence-electron chi connectivity index (χ1n) is 7.59. The summed E-state index contributed by atoms with van der Waals surface area (Å²) in [6, 6.07) is 5.26. The van der Waals surface area contributed by atoms with Crippen LogP contribution in [0, 0.1) is 24.0 Å². The number of rotatable bonds is 6. The lowest BCUT2D eigenvalue weighted by Gasteiger charge is -2.14. The molecule has 0 fully saturated rings. The van der Waals surface area contributed by atoms with Crippen LogP contribution in [0.25, 0.3) is 0 Å². The molecule has 1 aromatic carbocycles. The molecule has 0 saturated carbocycles. The molecule has 2 aromatic rings. The van der Waals surface area contributed by atoms with E-state index in [1.54, 1.807) is 26.8 Å². The average Bonchev–Trinajstić information content (AvgIpc) is 2.88. The van der Waals surface area contributed by atoms with Gasteiger partial charge in [0.25, 0.3) is 5.69 Å². The maximum Gasteiger partial charge on any atom is 0.339 e. The molecule has 0 aliphatic heterocycles. The van der Waals surface area contributed by atoms with Gasteiger partial charge in [-0.3, -0.25) is 14.9 Å². The average molecular weight is 345 g/mol. The minimum absolute atomic E-state index is 0.0653. The molecular formula is C17H19N3O5. The fourth-order valence-corrected chi connectivity index (χ4v) is 2.65. The van der Waals surface area contributed by atoms with E-state index < -0.39 is 16.9 Å². The van der Waals surface area contributed by atoms with E-state index >= 15 is 0 Å². The fraction of sp³-hybridized carbons (Fsp3) is 0.294. The van der Waals surface area contributed by atoms with Crippen molar-refractivity contribution in [3.05, 3.63) is 56.9 Å². The molecule has 132 valence electrons. The number of anilines is 1. The van der Waals surface area contributed by atoms with Crippen LogP contribution in [0.2, 0.25) is 0 Å².